The molecule has 0 aromatic carbocycles. The van der Waals surface area contributed by atoms with Gasteiger partial charge in [-0.3, -0.25) is 10.1 Å². The van der Waals surface area contributed by atoms with Crippen molar-refractivity contribution in [3.63, 3.8) is 0 Å². The van der Waals surface area contributed by atoms with Gasteiger partial charge >= 0.3 is 0 Å². The van der Waals surface area contributed by atoms with Crippen LogP contribution in [-0.2, 0) is 13.7 Å². The van der Waals surface area contributed by atoms with Gasteiger partial charge in [0.1, 0.15) is 11.2 Å². The third kappa shape index (κ3) is 2.49. The van der Waals surface area contributed by atoms with E-state index in [-0.39, 0.29) is 12.3 Å². The molecule has 0 saturated heterocycles. The number of imidazole rings is 1. The molecule has 0 spiro atoms. The number of hydrogen-bond donors (Lipinski definition) is 1. The van der Waals surface area contributed by atoms with Crippen LogP contribution in [0.4, 0.5) is 5.69 Å². The average Bonchev–Trinajstić information content (AvgIpc) is 2.71. The summed E-state index contributed by atoms with van der Waals surface area (Å²) < 4.78 is 1.74. The highest BCUT2D eigenvalue weighted by atomic mass is 32.2. The zero-order valence-corrected chi connectivity index (χ0v) is 10.3. The Morgan fingerprint density at radius 3 is 2.72 bits per heavy atom. The summed E-state index contributed by atoms with van der Waals surface area (Å²) in [5.74, 6) is 0. The molecule has 0 amide bonds. The largest absolute Gasteiger partial charge is 0.390 e. The highest BCUT2D eigenvalue weighted by Gasteiger charge is 2.10. The molecule has 2 aromatic rings. The Balaban J connectivity index is 2.18. The lowest BCUT2D eigenvalue weighted by Gasteiger charge is -2.02. The summed E-state index contributed by atoms with van der Waals surface area (Å²) >= 11 is 1.28. The minimum absolute atomic E-state index is 0.0461. The topological polar surface area (TPSA) is 94.1 Å². The van der Waals surface area contributed by atoms with Gasteiger partial charge in [0.05, 0.1) is 23.4 Å². The van der Waals surface area contributed by atoms with Gasteiger partial charge in [-0.2, -0.15) is 0 Å². The maximum atomic E-state index is 10.5. The lowest BCUT2D eigenvalue weighted by molar-refractivity contribution is -0.385. The van der Waals surface area contributed by atoms with Crippen LogP contribution in [0, 0.1) is 10.1 Å². The lowest BCUT2D eigenvalue weighted by Crippen LogP contribution is -1.97. The highest BCUT2D eigenvalue weighted by Crippen LogP contribution is 2.26. The van der Waals surface area contributed by atoms with E-state index in [0.29, 0.717) is 15.9 Å². The van der Waals surface area contributed by atoms with E-state index < -0.39 is 4.92 Å². The summed E-state index contributed by atoms with van der Waals surface area (Å²) in [6, 6.07) is 2.96. The van der Waals surface area contributed by atoms with Crippen molar-refractivity contribution >= 4 is 17.4 Å². The highest BCUT2D eigenvalue weighted by molar-refractivity contribution is 7.99. The normalized spacial score (nSPS) is 10.6. The summed E-state index contributed by atoms with van der Waals surface area (Å²) in [7, 11) is 1.78. The molecular weight excluding hydrogens is 256 g/mol. The molecule has 18 heavy (non-hydrogen) atoms. The molecule has 7 nitrogen and oxygen atoms in total. The first-order valence-corrected chi connectivity index (χ1v) is 5.83. The molecule has 0 aliphatic heterocycles. The molecule has 2 heterocycles. The van der Waals surface area contributed by atoms with Crippen molar-refractivity contribution in [3.8, 4) is 0 Å². The standard InChI is InChI=1S/C10H10N4O3S/c1-13-8(6-15)5-12-10(13)18-9-3-2-7(4-11-9)14(16)17/h2-5,15H,6H2,1H3. The number of pyridine rings is 1. The first-order valence-electron chi connectivity index (χ1n) is 5.01. The molecule has 0 fully saturated rings. The van der Waals surface area contributed by atoms with Crippen molar-refractivity contribution in [1.29, 1.82) is 0 Å². The average molecular weight is 266 g/mol. The molecule has 0 bridgehead atoms. The molecular formula is C10H10N4O3S. The van der Waals surface area contributed by atoms with Crippen molar-refractivity contribution in [2.45, 2.75) is 16.8 Å². The fourth-order valence-electron chi connectivity index (χ4n) is 1.30. The van der Waals surface area contributed by atoms with E-state index in [2.05, 4.69) is 9.97 Å². The van der Waals surface area contributed by atoms with Gasteiger partial charge in [-0.15, -0.1) is 0 Å². The van der Waals surface area contributed by atoms with E-state index in [1.54, 1.807) is 23.9 Å². The maximum absolute atomic E-state index is 10.5. The summed E-state index contributed by atoms with van der Waals surface area (Å²) in [5.41, 5.74) is 0.648. The second-order valence-corrected chi connectivity index (χ2v) is 4.45. The van der Waals surface area contributed by atoms with Crippen molar-refractivity contribution in [1.82, 2.24) is 14.5 Å². The van der Waals surface area contributed by atoms with Crippen LogP contribution in [0.15, 0.2) is 34.7 Å². The van der Waals surface area contributed by atoms with Crippen LogP contribution in [0.2, 0.25) is 0 Å². The molecule has 0 aliphatic carbocycles. The Labute approximate surface area is 107 Å². The van der Waals surface area contributed by atoms with Crippen molar-refractivity contribution in [2.75, 3.05) is 0 Å². The SMILES string of the molecule is Cn1c(CO)cnc1Sc1ccc([N+](=O)[O-])cn1. The first kappa shape index (κ1) is 12.5. The molecule has 0 atom stereocenters. The van der Waals surface area contributed by atoms with Gasteiger partial charge in [-0.1, -0.05) is 0 Å². The predicted molar refractivity (Wildman–Crippen MR) is 64.1 cm³/mol. The van der Waals surface area contributed by atoms with Crippen LogP contribution >= 0.6 is 11.8 Å². The smallest absolute Gasteiger partial charge is 0.287 e. The van der Waals surface area contributed by atoms with Crippen LogP contribution in [0.1, 0.15) is 5.69 Å². The van der Waals surface area contributed by atoms with Gasteiger partial charge in [-0.25, -0.2) is 9.97 Å². The van der Waals surface area contributed by atoms with Crippen LogP contribution in [-0.4, -0.2) is 24.6 Å². The van der Waals surface area contributed by atoms with Crippen LogP contribution in [0.25, 0.3) is 0 Å². The van der Waals surface area contributed by atoms with Crippen LogP contribution in [0.5, 0.6) is 0 Å². The zero-order valence-electron chi connectivity index (χ0n) is 9.48. The van der Waals surface area contributed by atoms with Crippen LogP contribution < -0.4 is 0 Å². The summed E-state index contributed by atoms with van der Waals surface area (Å²) in [4.78, 5) is 18.1. The van der Waals surface area contributed by atoms with Gasteiger partial charge < -0.3 is 9.67 Å². The Hall–Kier alpha value is -1.93. The number of nitrogens with zero attached hydrogens (tertiary/aromatic N) is 4. The lowest BCUT2D eigenvalue weighted by atomic mass is 10.4. The zero-order chi connectivity index (χ0) is 13.1. The molecule has 1 N–H and O–H groups in total. The first-order chi connectivity index (χ1) is 8.61. The Morgan fingerprint density at radius 2 is 2.22 bits per heavy atom. The monoisotopic (exact) mass is 266 g/mol. The van der Waals surface area contributed by atoms with E-state index in [0.717, 1.165) is 0 Å². The predicted octanol–water partition coefficient (Wildman–Crippen LogP) is 1.37. The molecule has 94 valence electrons. The number of aliphatic hydroxyl groups is 1. The molecule has 0 aliphatic rings. The number of hydrogen-bond acceptors (Lipinski definition) is 6. The van der Waals surface area contributed by atoms with Gasteiger partial charge in [0.25, 0.3) is 5.69 Å². The fourth-order valence-corrected chi connectivity index (χ4v) is 2.09. The summed E-state index contributed by atoms with van der Waals surface area (Å²) in [6.45, 7) is -0.0856. The minimum atomic E-state index is -0.494. The number of aliphatic hydroxyl groups excluding tert-OH is 1. The second-order valence-electron chi connectivity index (χ2n) is 3.46. The van der Waals surface area contributed by atoms with Gasteiger partial charge in [0.2, 0.25) is 0 Å². The Kier molecular flexibility index (Phi) is 3.58. The molecule has 0 saturated carbocycles. The van der Waals surface area contributed by atoms with Gasteiger partial charge in [0, 0.05) is 13.1 Å². The second kappa shape index (κ2) is 5.15. The molecule has 2 aromatic heterocycles. The molecule has 0 unspecified atom stereocenters. The summed E-state index contributed by atoms with van der Waals surface area (Å²) in [6.07, 6.45) is 2.78. The maximum Gasteiger partial charge on any atom is 0.287 e. The Bertz CT molecular complexity index is 567. The molecule has 2 rings (SSSR count). The van der Waals surface area contributed by atoms with Crippen molar-refractivity contribution in [3.05, 3.63) is 40.3 Å². The van der Waals surface area contributed by atoms with E-state index in [4.69, 9.17) is 5.11 Å². The van der Waals surface area contributed by atoms with Crippen LogP contribution in [0.3, 0.4) is 0 Å². The fraction of sp³-hybridized carbons (Fsp3) is 0.200. The van der Waals surface area contributed by atoms with Crippen molar-refractivity contribution < 1.29 is 10.0 Å². The van der Waals surface area contributed by atoms with Gasteiger partial charge in [0.15, 0.2) is 5.16 Å². The third-order valence-electron chi connectivity index (χ3n) is 2.33. The Morgan fingerprint density at radius 1 is 1.44 bits per heavy atom. The number of rotatable bonds is 4. The minimum Gasteiger partial charge on any atom is -0.390 e. The number of aromatic nitrogens is 3. The van der Waals surface area contributed by atoms with E-state index >= 15 is 0 Å². The van der Waals surface area contributed by atoms with E-state index in [9.17, 15) is 10.1 Å². The van der Waals surface area contributed by atoms with Gasteiger partial charge in [-0.05, 0) is 17.8 Å². The van der Waals surface area contributed by atoms with E-state index in [1.807, 2.05) is 0 Å². The third-order valence-corrected chi connectivity index (χ3v) is 3.34. The number of nitro groups is 1. The summed E-state index contributed by atoms with van der Waals surface area (Å²) in [5, 5.41) is 20.8. The molecule has 8 heteroatoms. The molecule has 0 radical (unpaired) electrons. The quantitative estimate of drug-likeness (QED) is 0.663. The van der Waals surface area contributed by atoms with E-state index in [1.165, 1.54) is 24.0 Å². The van der Waals surface area contributed by atoms with Crippen molar-refractivity contribution in [2.24, 2.45) is 7.05 Å².